The first-order valence-electron chi connectivity index (χ1n) is 3.68. The van der Waals surface area contributed by atoms with Crippen LogP contribution in [0.15, 0.2) is 11.8 Å². The van der Waals surface area contributed by atoms with Crippen LogP contribution in [-0.4, -0.2) is 18.1 Å². The average Bonchev–Trinajstić information content (AvgIpc) is 1.81. The van der Waals surface area contributed by atoms with Crippen molar-refractivity contribution < 1.29 is 0 Å². The van der Waals surface area contributed by atoms with Gasteiger partial charge in [-0.2, -0.15) is 0 Å². The van der Waals surface area contributed by atoms with Crippen LogP contribution in [-0.2, 0) is 0 Å². The molecule has 2 heteroatoms. The Kier molecular flexibility index (Phi) is 4.12. The van der Waals surface area contributed by atoms with Gasteiger partial charge in [0.15, 0.2) is 0 Å². The van der Waals surface area contributed by atoms with Gasteiger partial charge < -0.3 is 5.01 Å². The first-order chi connectivity index (χ1) is 4.57. The summed E-state index contributed by atoms with van der Waals surface area (Å²) >= 11 is 0. The van der Waals surface area contributed by atoms with Gasteiger partial charge in [0.05, 0.1) is 0 Å². The molecule has 0 unspecified atom stereocenters. The quantitative estimate of drug-likeness (QED) is 0.604. The van der Waals surface area contributed by atoms with Crippen LogP contribution in [0.5, 0.6) is 0 Å². The van der Waals surface area contributed by atoms with Gasteiger partial charge >= 0.3 is 0 Å². The summed E-state index contributed by atoms with van der Waals surface area (Å²) in [4.78, 5) is 0. The maximum absolute atomic E-state index is 3.09. The number of nitrogens with one attached hydrogen (secondary N) is 1. The molecule has 1 N–H and O–H groups in total. The standard InChI is InChI=1S/C8H18N2/c1-7(2)6-10(9-5)8(3)4/h6,8-9H,1-5H3. The molecular weight excluding hydrogens is 124 g/mol. The SMILES string of the molecule is CNN(C=C(C)C)C(C)C. The molecule has 0 aliphatic heterocycles. The first kappa shape index (κ1) is 9.50. The number of rotatable bonds is 3. The van der Waals surface area contributed by atoms with E-state index >= 15 is 0 Å². The second-order valence-electron chi connectivity index (χ2n) is 2.93. The van der Waals surface area contributed by atoms with Crippen molar-refractivity contribution in [2.75, 3.05) is 7.05 Å². The van der Waals surface area contributed by atoms with E-state index in [1.807, 2.05) is 7.05 Å². The zero-order chi connectivity index (χ0) is 8.15. The Hall–Kier alpha value is -0.500. The van der Waals surface area contributed by atoms with Crippen LogP contribution in [0.1, 0.15) is 27.7 Å². The fourth-order valence-corrected chi connectivity index (χ4v) is 0.750. The molecule has 0 aliphatic rings. The van der Waals surface area contributed by atoms with E-state index in [2.05, 4.69) is 44.3 Å². The van der Waals surface area contributed by atoms with E-state index < -0.39 is 0 Å². The van der Waals surface area contributed by atoms with E-state index in [1.165, 1.54) is 5.57 Å². The van der Waals surface area contributed by atoms with E-state index in [9.17, 15) is 0 Å². The van der Waals surface area contributed by atoms with Gasteiger partial charge in [0.2, 0.25) is 0 Å². The fraction of sp³-hybridized carbons (Fsp3) is 0.750. The van der Waals surface area contributed by atoms with E-state index in [-0.39, 0.29) is 0 Å². The number of hydrogen-bond acceptors (Lipinski definition) is 2. The topological polar surface area (TPSA) is 15.3 Å². The summed E-state index contributed by atoms with van der Waals surface area (Å²) in [5.74, 6) is 0. The van der Waals surface area contributed by atoms with E-state index in [1.54, 1.807) is 0 Å². The lowest BCUT2D eigenvalue weighted by atomic mass is 10.3. The lowest BCUT2D eigenvalue weighted by Gasteiger charge is -2.23. The summed E-state index contributed by atoms with van der Waals surface area (Å²) in [5.41, 5.74) is 4.40. The number of hydrogen-bond donors (Lipinski definition) is 1. The van der Waals surface area contributed by atoms with Crippen molar-refractivity contribution >= 4 is 0 Å². The smallest absolute Gasteiger partial charge is 0.0391 e. The highest BCUT2D eigenvalue weighted by Crippen LogP contribution is 1.97. The summed E-state index contributed by atoms with van der Waals surface area (Å²) in [7, 11) is 1.93. The molecule has 10 heavy (non-hydrogen) atoms. The van der Waals surface area contributed by atoms with Crippen LogP contribution in [0.4, 0.5) is 0 Å². The van der Waals surface area contributed by atoms with Crippen molar-refractivity contribution in [3.05, 3.63) is 11.8 Å². The van der Waals surface area contributed by atoms with Gasteiger partial charge in [-0.1, -0.05) is 5.57 Å². The molecule has 0 amide bonds. The van der Waals surface area contributed by atoms with Gasteiger partial charge in [-0.05, 0) is 27.7 Å². The molecule has 60 valence electrons. The molecule has 0 saturated heterocycles. The van der Waals surface area contributed by atoms with Crippen LogP contribution in [0.2, 0.25) is 0 Å². The normalized spacial score (nSPS) is 9.80. The zero-order valence-electron chi connectivity index (χ0n) is 7.60. The van der Waals surface area contributed by atoms with Crippen molar-refractivity contribution in [3.8, 4) is 0 Å². The molecule has 0 rings (SSSR count). The van der Waals surface area contributed by atoms with Crippen LogP contribution < -0.4 is 5.43 Å². The fourth-order valence-electron chi connectivity index (χ4n) is 0.750. The molecular formula is C8H18N2. The zero-order valence-corrected chi connectivity index (χ0v) is 7.60. The van der Waals surface area contributed by atoms with Gasteiger partial charge in [0.1, 0.15) is 0 Å². The number of hydrazine groups is 1. The molecule has 2 nitrogen and oxygen atoms in total. The highest BCUT2D eigenvalue weighted by Gasteiger charge is 1.99. The van der Waals surface area contributed by atoms with Crippen molar-refractivity contribution in [2.24, 2.45) is 0 Å². The Bertz CT molecular complexity index is 112. The molecule has 0 bridgehead atoms. The highest BCUT2D eigenvalue weighted by molar-refractivity contribution is 4.92. The lowest BCUT2D eigenvalue weighted by Crippen LogP contribution is -2.35. The maximum atomic E-state index is 3.09. The van der Waals surface area contributed by atoms with Gasteiger partial charge in [0, 0.05) is 19.3 Å². The molecule has 0 atom stereocenters. The first-order valence-corrected chi connectivity index (χ1v) is 3.68. The molecule has 0 aromatic carbocycles. The van der Waals surface area contributed by atoms with E-state index in [0.717, 1.165) is 0 Å². The summed E-state index contributed by atoms with van der Waals surface area (Å²) in [5, 5.41) is 2.08. The minimum atomic E-state index is 0.514. The number of nitrogens with zero attached hydrogens (tertiary/aromatic N) is 1. The van der Waals surface area contributed by atoms with Gasteiger partial charge in [-0.15, -0.1) is 0 Å². The molecule has 0 aromatic heterocycles. The predicted octanol–water partition coefficient (Wildman–Crippen LogP) is 1.75. The second kappa shape index (κ2) is 4.34. The number of allylic oxidation sites excluding steroid dienone is 1. The molecule has 0 saturated carbocycles. The van der Waals surface area contributed by atoms with Crippen molar-refractivity contribution in [1.82, 2.24) is 10.4 Å². The van der Waals surface area contributed by atoms with Crippen LogP contribution in [0.3, 0.4) is 0 Å². The molecule has 0 spiro atoms. The van der Waals surface area contributed by atoms with Crippen molar-refractivity contribution in [2.45, 2.75) is 33.7 Å². The monoisotopic (exact) mass is 142 g/mol. The maximum Gasteiger partial charge on any atom is 0.0391 e. The third kappa shape index (κ3) is 3.51. The van der Waals surface area contributed by atoms with Gasteiger partial charge in [-0.25, -0.2) is 5.43 Å². The van der Waals surface area contributed by atoms with Crippen LogP contribution in [0.25, 0.3) is 0 Å². The summed E-state index contributed by atoms with van der Waals surface area (Å²) < 4.78 is 0. The Morgan fingerprint density at radius 3 is 2.00 bits per heavy atom. The lowest BCUT2D eigenvalue weighted by molar-refractivity contribution is 0.241. The van der Waals surface area contributed by atoms with Crippen molar-refractivity contribution in [3.63, 3.8) is 0 Å². The summed E-state index contributed by atoms with van der Waals surface area (Å²) in [6.07, 6.45) is 2.10. The Balaban J connectivity index is 3.96. The molecule has 0 fully saturated rings. The van der Waals surface area contributed by atoms with E-state index in [0.29, 0.717) is 6.04 Å². The molecule has 0 aliphatic carbocycles. The average molecular weight is 142 g/mol. The largest absolute Gasteiger partial charge is 0.314 e. The third-order valence-electron chi connectivity index (χ3n) is 1.21. The minimum absolute atomic E-state index is 0.514. The van der Waals surface area contributed by atoms with Crippen LogP contribution in [0, 0.1) is 0 Å². The Morgan fingerprint density at radius 2 is 1.90 bits per heavy atom. The highest BCUT2D eigenvalue weighted by atomic mass is 15.5. The van der Waals surface area contributed by atoms with Gasteiger partial charge in [-0.3, -0.25) is 0 Å². The molecule has 0 radical (unpaired) electrons. The Labute approximate surface area is 63.9 Å². The van der Waals surface area contributed by atoms with Gasteiger partial charge in [0.25, 0.3) is 0 Å². The molecule has 0 aromatic rings. The van der Waals surface area contributed by atoms with Crippen LogP contribution >= 0.6 is 0 Å². The van der Waals surface area contributed by atoms with Crippen molar-refractivity contribution in [1.29, 1.82) is 0 Å². The molecule has 0 heterocycles. The summed E-state index contributed by atoms with van der Waals surface area (Å²) in [6, 6.07) is 0.514. The minimum Gasteiger partial charge on any atom is -0.314 e. The Morgan fingerprint density at radius 1 is 1.40 bits per heavy atom. The van der Waals surface area contributed by atoms with E-state index in [4.69, 9.17) is 0 Å². The predicted molar refractivity (Wildman–Crippen MR) is 45.5 cm³/mol. The second-order valence-corrected chi connectivity index (χ2v) is 2.93. The summed E-state index contributed by atoms with van der Waals surface area (Å²) in [6.45, 7) is 8.48. The third-order valence-corrected chi connectivity index (χ3v) is 1.21.